The number of hydrogen-bond acceptors (Lipinski definition) is 2. The number of benzene rings is 1. The summed E-state index contributed by atoms with van der Waals surface area (Å²) in [4.78, 5) is 2.66. The SMILES string of the molecule is CCC1CCCN(C(C)(CN)CCc2ccccc2)C1. The van der Waals surface area contributed by atoms with E-state index in [4.69, 9.17) is 5.73 Å². The normalized spacial score (nSPS) is 23.4. The van der Waals surface area contributed by atoms with E-state index in [1.165, 1.54) is 37.9 Å². The summed E-state index contributed by atoms with van der Waals surface area (Å²) >= 11 is 0. The van der Waals surface area contributed by atoms with Crippen molar-refractivity contribution in [1.29, 1.82) is 0 Å². The molecule has 1 fully saturated rings. The van der Waals surface area contributed by atoms with Crippen molar-refractivity contribution in [3.05, 3.63) is 35.9 Å². The van der Waals surface area contributed by atoms with Gasteiger partial charge in [0.25, 0.3) is 0 Å². The molecule has 112 valence electrons. The Morgan fingerprint density at radius 2 is 2.05 bits per heavy atom. The maximum Gasteiger partial charge on any atom is 0.0306 e. The third-order valence-corrected chi connectivity index (χ3v) is 5.09. The fourth-order valence-corrected chi connectivity index (χ4v) is 3.34. The summed E-state index contributed by atoms with van der Waals surface area (Å²) in [6.07, 6.45) is 6.31. The van der Waals surface area contributed by atoms with Crippen molar-refractivity contribution in [3.8, 4) is 0 Å². The van der Waals surface area contributed by atoms with Crippen LogP contribution in [0.1, 0.15) is 45.1 Å². The van der Waals surface area contributed by atoms with E-state index in [0.29, 0.717) is 0 Å². The predicted octanol–water partition coefficient (Wildman–Crippen LogP) is 3.46. The number of aryl methyl sites for hydroxylation is 1. The van der Waals surface area contributed by atoms with Crippen LogP contribution in [0.3, 0.4) is 0 Å². The monoisotopic (exact) mass is 274 g/mol. The summed E-state index contributed by atoms with van der Waals surface area (Å²) in [5, 5.41) is 0. The fraction of sp³-hybridized carbons (Fsp3) is 0.667. The minimum Gasteiger partial charge on any atom is -0.329 e. The molecule has 0 saturated carbocycles. The van der Waals surface area contributed by atoms with E-state index in [-0.39, 0.29) is 5.54 Å². The highest BCUT2D eigenvalue weighted by Gasteiger charge is 2.33. The lowest BCUT2D eigenvalue weighted by Crippen LogP contribution is -2.55. The minimum atomic E-state index is 0.156. The van der Waals surface area contributed by atoms with Gasteiger partial charge >= 0.3 is 0 Å². The van der Waals surface area contributed by atoms with Gasteiger partial charge < -0.3 is 5.73 Å². The molecule has 1 aromatic rings. The van der Waals surface area contributed by atoms with Crippen molar-refractivity contribution < 1.29 is 0 Å². The average molecular weight is 274 g/mol. The van der Waals surface area contributed by atoms with Crippen molar-refractivity contribution in [1.82, 2.24) is 4.90 Å². The summed E-state index contributed by atoms with van der Waals surface area (Å²) < 4.78 is 0. The molecule has 2 nitrogen and oxygen atoms in total. The van der Waals surface area contributed by atoms with E-state index in [1.807, 2.05) is 0 Å². The number of piperidine rings is 1. The van der Waals surface area contributed by atoms with E-state index in [0.717, 1.165) is 25.3 Å². The Morgan fingerprint density at radius 1 is 1.30 bits per heavy atom. The molecule has 2 rings (SSSR count). The first-order valence-electron chi connectivity index (χ1n) is 8.17. The second kappa shape index (κ2) is 7.24. The molecule has 1 saturated heterocycles. The maximum absolute atomic E-state index is 6.15. The van der Waals surface area contributed by atoms with Crippen molar-refractivity contribution in [2.75, 3.05) is 19.6 Å². The van der Waals surface area contributed by atoms with Gasteiger partial charge in [0.2, 0.25) is 0 Å². The lowest BCUT2D eigenvalue weighted by Gasteiger charge is -2.45. The van der Waals surface area contributed by atoms with Gasteiger partial charge in [-0.1, -0.05) is 43.7 Å². The molecular formula is C18H30N2. The molecule has 2 N–H and O–H groups in total. The van der Waals surface area contributed by atoms with Crippen LogP contribution in [0, 0.1) is 5.92 Å². The van der Waals surface area contributed by atoms with E-state index in [9.17, 15) is 0 Å². The standard InChI is InChI=1S/C18H30N2/c1-3-16-10-7-13-20(14-16)18(2,15-19)12-11-17-8-5-4-6-9-17/h4-6,8-9,16H,3,7,10-15,19H2,1-2H3. The summed E-state index contributed by atoms with van der Waals surface area (Å²) in [5.74, 6) is 0.867. The Kier molecular flexibility index (Phi) is 5.62. The quantitative estimate of drug-likeness (QED) is 0.861. The molecule has 2 heteroatoms. The molecule has 20 heavy (non-hydrogen) atoms. The molecule has 1 aliphatic heterocycles. The van der Waals surface area contributed by atoms with Crippen LogP contribution < -0.4 is 5.73 Å². The summed E-state index contributed by atoms with van der Waals surface area (Å²) in [6, 6.07) is 10.8. The molecule has 0 aliphatic carbocycles. The van der Waals surface area contributed by atoms with Crippen LogP contribution in [-0.4, -0.2) is 30.1 Å². The third kappa shape index (κ3) is 3.83. The van der Waals surface area contributed by atoms with Crippen LogP contribution in [0.2, 0.25) is 0 Å². The molecule has 0 aromatic heterocycles. The highest BCUT2D eigenvalue weighted by Crippen LogP contribution is 2.28. The summed E-state index contributed by atoms with van der Waals surface area (Å²) in [5.41, 5.74) is 7.73. The molecule has 0 bridgehead atoms. The lowest BCUT2D eigenvalue weighted by atomic mass is 9.86. The molecule has 0 spiro atoms. The lowest BCUT2D eigenvalue weighted by molar-refractivity contribution is 0.0527. The highest BCUT2D eigenvalue weighted by atomic mass is 15.2. The van der Waals surface area contributed by atoms with Crippen molar-refractivity contribution in [3.63, 3.8) is 0 Å². The average Bonchev–Trinajstić information content (AvgIpc) is 2.53. The molecule has 2 unspecified atom stereocenters. The van der Waals surface area contributed by atoms with Crippen LogP contribution >= 0.6 is 0 Å². The first-order chi connectivity index (χ1) is 9.68. The van der Waals surface area contributed by atoms with Crippen molar-refractivity contribution in [2.45, 2.75) is 51.5 Å². The largest absolute Gasteiger partial charge is 0.329 e. The van der Waals surface area contributed by atoms with Crippen molar-refractivity contribution in [2.24, 2.45) is 11.7 Å². The molecule has 0 amide bonds. The topological polar surface area (TPSA) is 29.3 Å². The Labute approximate surface area is 124 Å². The Morgan fingerprint density at radius 3 is 2.70 bits per heavy atom. The second-order valence-corrected chi connectivity index (χ2v) is 6.55. The number of likely N-dealkylation sites (tertiary alicyclic amines) is 1. The molecular weight excluding hydrogens is 244 g/mol. The Bertz CT molecular complexity index is 390. The van der Waals surface area contributed by atoms with Gasteiger partial charge in [-0.15, -0.1) is 0 Å². The maximum atomic E-state index is 6.15. The zero-order valence-corrected chi connectivity index (χ0v) is 13.1. The molecule has 0 radical (unpaired) electrons. The predicted molar refractivity (Wildman–Crippen MR) is 86.8 cm³/mol. The molecule has 2 atom stereocenters. The number of nitrogens with zero attached hydrogens (tertiary/aromatic N) is 1. The van der Waals surface area contributed by atoms with Gasteiger partial charge in [-0.25, -0.2) is 0 Å². The van der Waals surface area contributed by atoms with E-state index in [2.05, 4.69) is 49.1 Å². The zero-order valence-electron chi connectivity index (χ0n) is 13.1. The van der Waals surface area contributed by atoms with Crippen LogP contribution in [0.5, 0.6) is 0 Å². The van der Waals surface area contributed by atoms with Gasteiger partial charge in [-0.3, -0.25) is 4.90 Å². The van der Waals surface area contributed by atoms with Gasteiger partial charge in [0.1, 0.15) is 0 Å². The number of hydrogen-bond donors (Lipinski definition) is 1. The fourth-order valence-electron chi connectivity index (χ4n) is 3.34. The van der Waals surface area contributed by atoms with Gasteiger partial charge in [0, 0.05) is 18.6 Å². The first-order valence-corrected chi connectivity index (χ1v) is 8.17. The Balaban J connectivity index is 1.97. The van der Waals surface area contributed by atoms with Crippen molar-refractivity contribution >= 4 is 0 Å². The van der Waals surface area contributed by atoms with Crippen LogP contribution in [0.15, 0.2) is 30.3 Å². The Hall–Kier alpha value is -0.860. The molecule has 1 aromatic carbocycles. The van der Waals surface area contributed by atoms with Gasteiger partial charge in [0.15, 0.2) is 0 Å². The van der Waals surface area contributed by atoms with Gasteiger partial charge in [-0.2, -0.15) is 0 Å². The van der Waals surface area contributed by atoms with E-state index >= 15 is 0 Å². The molecule has 1 aliphatic rings. The van der Waals surface area contributed by atoms with E-state index < -0.39 is 0 Å². The molecule has 1 heterocycles. The van der Waals surface area contributed by atoms with Gasteiger partial charge in [0.05, 0.1) is 0 Å². The highest BCUT2D eigenvalue weighted by molar-refractivity contribution is 5.15. The number of nitrogens with two attached hydrogens (primary N) is 1. The summed E-state index contributed by atoms with van der Waals surface area (Å²) in [7, 11) is 0. The summed E-state index contributed by atoms with van der Waals surface area (Å²) in [6.45, 7) is 7.89. The smallest absolute Gasteiger partial charge is 0.0306 e. The first kappa shape index (κ1) is 15.5. The minimum absolute atomic E-state index is 0.156. The van der Waals surface area contributed by atoms with Gasteiger partial charge in [-0.05, 0) is 50.6 Å². The third-order valence-electron chi connectivity index (χ3n) is 5.09. The van der Waals surface area contributed by atoms with Crippen LogP contribution in [0.4, 0.5) is 0 Å². The second-order valence-electron chi connectivity index (χ2n) is 6.55. The van der Waals surface area contributed by atoms with Crippen LogP contribution in [0.25, 0.3) is 0 Å². The number of rotatable bonds is 6. The van der Waals surface area contributed by atoms with Crippen LogP contribution in [-0.2, 0) is 6.42 Å². The zero-order chi connectivity index (χ0) is 14.4. The van der Waals surface area contributed by atoms with E-state index in [1.54, 1.807) is 0 Å².